The number of imidazole rings is 1. The van der Waals surface area contributed by atoms with E-state index in [4.69, 9.17) is 15.9 Å². The minimum absolute atomic E-state index is 0. The molecule has 0 amide bonds. The molecule has 0 spiro atoms. The van der Waals surface area contributed by atoms with Crippen LogP contribution in [0.1, 0.15) is 0 Å². The molecule has 13 nitrogen and oxygen atoms in total. The molecule has 2 aromatic rings. The quantitative estimate of drug-likeness (QED) is 0.191. The summed E-state index contributed by atoms with van der Waals surface area (Å²) in [5, 5.41) is 28.6. The van der Waals surface area contributed by atoms with E-state index < -0.39 is 39.0 Å². The van der Waals surface area contributed by atoms with Crippen LogP contribution in [-0.2, 0) is 25.0 Å². The Morgan fingerprint density at radius 2 is 2.08 bits per heavy atom. The van der Waals surface area contributed by atoms with Gasteiger partial charge in [0.2, 0.25) is 5.95 Å². The molecular formula is C10H13N5NaO8P. The van der Waals surface area contributed by atoms with Crippen LogP contribution in [0, 0.1) is 0 Å². The van der Waals surface area contributed by atoms with Crippen molar-refractivity contribution in [1.82, 2.24) is 19.5 Å². The van der Waals surface area contributed by atoms with Crippen LogP contribution in [0.25, 0.3) is 11.2 Å². The summed E-state index contributed by atoms with van der Waals surface area (Å²) in [6, 6.07) is 0. The fraction of sp³-hybridized carbons (Fsp3) is 0.400. The van der Waals surface area contributed by atoms with E-state index in [0.717, 1.165) is 6.33 Å². The zero-order valence-corrected chi connectivity index (χ0v) is 15.9. The Morgan fingerprint density at radius 3 is 2.72 bits per heavy atom. The van der Waals surface area contributed by atoms with E-state index in [1.165, 1.54) is 4.57 Å². The van der Waals surface area contributed by atoms with Crippen LogP contribution >= 0.6 is 7.82 Å². The summed E-state index contributed by atoms with van der Waals surface area (Å²) in [4.78, 5) is 32.0. The largest absolute Gasteiger partial charge is 1.00 e. The summed E-state index contributed by atoms with van der Waals surface area (Å²) in [7, 11) is -4.62. The van der Waals surface area contributed by atoms with E-state index in [-0.39, 0.29) is 53.2 Å². The van der Waals surface area contributed by atoms with E-state index in [0.29, 0.717) is 0 Å². The molecule has 2 heterocycles. The molecule has 1 atom stereocenters. The van der Waals surface area contributed by atoms with Crippen LogP contribution in [-0.4, -0.2) is 59.9 Å². The van der Waals surface area contributed by atoms with E-state index in [1.807, 2.05) is 0 Å². The van der Waals surface area contributed by atoms with Gasteiger partial charge in [-0.05, 0) is 0 Å². The molecule has 0 radical (unpaired) electrons. The molecule has 15 heteroatoms. The predicted molar refractivity (Wildman–Crippen MR) is 74.1 cm³/mol. The molecule has 2 aromatic heterocycles. The van der Waals surface area contributed by atoms with E-state index in [1.54, 1.807) is 0 Å². The number of hydrogen-bond donors (Lipinski definition) is 4. The number of fused-ring (bicyclic) bond motifs is 1. The average Bonchev–Trinajstić information content (AvgIpc) is 2.87. The second kappa shape index (κ2) is 8.98. The smallest absolute Gasteiger partial charge is 0.857 e. The first-order valence-corrected chi connectivity index (χ1v) is 7.82. The topological polar surface area (TPSA) is 206 Å². The number of anilines is 1. The number of aromatic nitrogens is 4. The molecule has 5 N–H and O–H groups in total. The van der Waals surface area contributed by atoms with Gasteiger partial charge in [-0.3, -0.25) is 13.8 Å². The standard InChI is InChI=1S/C10H14N5O8P.Na/c11-10-13-8-7(9(19)14-10)12-4-15(8)1-5(16)2-22-24(20,21)23-3-6(17)18;/h4,6,17-18H,1-3H2,(H,20,21)(H3,11,13,14,19);/q;+1/p-1. The van der Waals surface area contributed by atoms with Gasteiger partial charge in [0, 0.05) is 5.88 Å². The Hall–Kier alpha value is -1.15. The van der Waals surface area contributed by atoms with Gasteiger partial charge in [-0.1, -0.05) is 0 Å². The van der Waals surface area contributed by atoms with Crippen molar-refractivity contribution in [2.45, 2.75) is 12.8 Å². The van der Waals surface area contributed by atoms with Crippen LogP contribution in [0.5, 0.6) is 5.88 Å². The SMILES string of the molecule is Nc1nc([O-])c2ncn(CC(=O)COP(=O)(O)OCC(O)O)c2n1.[Na+]. The molecule has 0 aliphatic carbocycles. The van der Waals surface area contributed by atoms with Gasteiger partial charge in [0.25, 0.3) is 0 Å². The average molecular weight is 385 g/mol. The van der Waals surface area contributed by atoms with Crippen LogP contribution in [0.15, 0.2) is 6.33 Å². The summed E-state index contributed by atoms with van der Waals surface area (Å²) in [5.41, 5.74) is 5.31. The van der Waals surface area contributed by atoms with Gasteiger partial charge in [0.15, 0.2) is 17.7 Å². The molecule has 0 saturated heterocycles. The molecule has 0 bridgehead atoms. The van der Waals surface area contributed by atoms with Crippen molar-refractivity contribution >= 4 is 30.7 Å². The molecule has 0 aliphatic rings. The van der Waals surface area contributed by atoms with Crippen molar-refractivity contribution in [3.63, 3.8) is 0 Å². The van der Waals surface area contributed by atoms with Crippen LogP contribution in [0.3, 0.4) is 0 Å². The minimum atomic E-state index is -4.62. The molecule has 132 valence electrons. The third-order valence-electron chi connectivity index (χ3n) is 2.57. The van der Waals surface area contributed by atoms with E-state index >= 15 is 0 Å². The minimum Gasteiger partial charge on any atom is -0.857 e. The number of Topliss-reactive ketones (excluding diaryl/α,β-unsaturated/α-hetero) is 1. The second-order valence-electron chi connectivity index (χ2n) is 4.49. The van der Waals surface area contributed by atoms with Crippen molar-refractivity contribution in [3.8, 4) is 5.88 Å². The summed E-state index contributed by atoms with van der Waals surface area (Å²) >= 11 is 0. The van der Waals surface area contributed by atoms with Crippen molar-refractivity contribution < 1.29 is 68.2 Å². The number of phosphoric ester groups is 1. The number of aliphatic hydroxyl groups excluding tert-OH is 1. The summed E-state index contributed by atoms with van der Waals surface area (Å²) < 4.78 is 21.2. The third kappa shape index (κ3) is 6.26. The monoisotopic (exact) mass is 385 g/mol. The number of nitrogens with two attached hydrogens (primary N) is 1. The number of rotatable bonds is 8. The van der Waals surface area contributed by atoms with Gasteiger partial charge in [0.05, 0.1) is 12.9 Å². The van der Waals surface area contributed by atoms with Gasteiger partial charge < -0.3 is 30.5 Å². The molecular weight excluding hydrogens is 372 g/mol. The summed E-state index contributed by atoms with van der Waals surface area (Å²) in [5.74, 6) is -1.65. The Kier molecular flexibility index (Phi) is 7.87. The number of hydrogen-bond acceptors (Lipinski definition) is 11. The molecule has 25 heavy (non-hydrogen) atoms. The number of nitrogen functional groups attached to an aromatic ring is 1. The van der Waals surface area contributed by atoms with E-state index in [2.05, 4.69) is 24.0 Å². The molecule has 0 fully saturated rings. The first kappa shape index (κ1) is 21.9. The Bertz CT molecular complexity index is 799. The molecule has 0 saturated carbocycles. The van der Waals surface area contributed by atoms with Crippen molar-refractivity contribution in [1.29, 1.82) is 0 Å². The third-order valence-corrected chi connectivity index (χ3v) is 3.50. The van der Waals surface area contributed by atoms with Gasteiger partial charge >= 0.3 is 37.4 Å². The van der Waals surface area contributed by atoms with Crippen molar-refractivity contribution in [2.75, 3.05) is 18.9 Å². The number of ketones is 1. The van der Waals surface area contributed by atoms with Gasteiger partial charge in [-0.25, -0.2) is 14.5 Å². The molecule has 0 aliphatic heterocycles. The zero-order valence-electron chi connectivity index (χ0n) is 13.0. The maximum absolute atomic E-state index is 11.8. The van der Waals surface area contributed by atoms with Crippen LogP contribution in [0.2, 0.25) is 0 Å². The first-order valence-electron chi connectivity index (χ1n) is 6.33. The summed E-state index contributed by atoms with van der Waals surface area (Å²) in [6.07, 6.45) is -0.802. The zero-order chi connectivity index (χ0) is 17.9. The Balaban J connectivity index is 0.00000312. The van der Waals surface area contributed by atoms with Crippen molar-refractivity contribution in [2.24, 2.45) is 0 Å². The van der Waals surface area contributed by atoms with Crippen LogP contribution in [0.4, 0.5) is 5.95 Å². The van der Waals surface area contributed by atoms with Crippen LogP contribution < -0.4 is 40.4 Å². The maximum Gasteiger partial charge on any atom is 1.00 e. The number of phosphoric acid groups is 1. The number of aliphatic hydroxyl groups is 2. The Labute approximate surface area is 162 Å². The Morgan fingerprint density at radius 1 is 1.40 bits per heavy atom. The molecule has 1 unspecified atom stereocenters. The van der Waals surface area contributed by atoms with E-state index in [9.17, 15) is 19.4 Å². The van der Waals surface area contributed by atoms with Gasteiger partial charge in [-0.2, -0.15) is 4.98 Å². The number of nitrogens with zero attached hydrogens (tertiary/aromatic N) is 4. The number of carbonyl (C=O) groups excluding carboxylic acids is 1. The number of carbonyl (C=O) groups is 1. The normalized spacial score (nSPS) is 13.6. The fourth-order valence-electron chi connectivity index (χ4n) is 1.64. The fourth-order valence-corrected chi connectivity index (χ4v) is 2.34. The summed E-state index contributed by atoms with van der Waals surface area (Å²) in [6.45, 7) is -2.04. The predicted octanol–water partition coefficient (Wildman–Crippen LogP) is -5.50. The molecule has 2 rings (SSSR count). The molecule has 0 aromatic carbocycles. The van der Waals surface area contributed by atoms with Gasteiger partial charge in [0.1, 0.15) is 18.7 Å². The maximum atomic E-state index is 11.8. The second-order valence-corrected chi connectivity index (χ2v) is 5.94. The first-order chi connectivity index (χ1) is 11.2. The van der Waals surface area contributed by atoms with Crippen molar-refractivity contribution in [3.05, 3.63) is 6.33 Å². The van der Waals surface area contributed by atoms with Gasteiger partial charge in [-0.15, -0.1) is 0 Å².